The highest BCUT2D eigenvalue weighted by atomic mass is 16.6. The number of rotatable bonds is 10. The molecule has 1 amide bonds. The normalized spacial score (nSPS) is 19.5. The summed E-state index contributed by atoms with van der Waals surface area (Å²) in [5.74, 6) is -0.223. The van der Waals surface area contributed by atoms with E-state index in [1.807, 2.05) is 0 Å². The number of nitrogens with one attached hydrogen (secondary N) is 1. The van der Waals surface area contributed by atoms with Crippen LogP contribution in [0, 0.1) is 0 Å². The van der Waals surface area contributed by atoms with E-state index in [1.165, 1.54) is 50.3 Å². The molecule has 1 aromatic rings. The Morgan fingerprint density at radius 1 is 1.13 bits per heavy atom. The molecule has 5 heteroatoms. The van der Waals surface area contributed by atoms with E-state index in [1.54, 1.807) is 0 Å². The van der Waals surface area contributed by atoms with Gasteiger partial charge in [0.25, 0.3) is 0 Å². The zero-order valence-corrected chi connectivity index (χ0v) is 13.8. The van der Waals surface area contributed by atoms with Crippen molar-refractivity contribution < 1.29 is 19.7 Å². The van der Waals surface area contributed by atoms with Crippen molar-refractivity contribution in [1.29, 1.82) is 0 Å². The third kappa shape index (κ3) is 6.10. The van der Waals surface area contributed by atoms with Gasteiger partial charge in [-0.1, -0.05) is 39.0 Å². The summed E-state index contributed by atoms with van der Waals surface area (Å²) in [5.41, 5.74) is 0.235. The van der Waals surface area contributed by atoms with Crippen LogP contribution in [0.25, 0.3) is 0 Å². The van der Waals surface area contributed by atoms with Crippen LogP contribution in [-0.2, 0) is 9.53 Å². The monoisotopic (exact) mass is 321 g/mol. The number of unbranched alkanes of at least 4 members (excludes halogenated alkanes) is 4. The number of carbonyl (C=O) groups is 1. The quantitative estimate of drug-likeness (QED) is 0.264. The van der Waals surface area contributed by atoms with Crippen molar-refractivity contribution in [3.05, 3.63) is 18.2 Å². The first-order valence-corrected chi connectivity index (χ1v) is 8.57. The van der Waals surface area contributed by atoms with Crippen LogP contribution in [0.5, 0.6) is 11.5 Å². The summed E-state index contributed by atoms with van der Waals surface area (Å²) in [4.78, 5) is 11.9. The molecule has 5 nitrogen and oxygen atoms in total. The van der Waals surface area contributed by atoms with Gasteiger partial charge in [-0.25, -0.2) is 0 Å². The van der Waals surface area contributed by atoms with Crippen molar-refractivity contribution in [3.8, 4) is 11.5 Å². The van der Waals surface area contributed by atoms with Crippen molar-refractivity contribution in [3.63, 3.8) is 0 Å². The summed E-state index contributed by atoms with van der Waals surface area (Å²) in [6.07, 6.45) is 8.97. The summed E-state index contributed by atoms with van der Waals surface area (Å²) >= 11 is 0. The second-order valence-electron chi connectivity index (χ2n) is 6.20. The summed E-state index contributed by atoms with van der Waals surface area (Å²) in [6.45, 7) is 2.21. The van der Waals surface area contributed by atoms with Crippen molar-refractivity contribution in [1.82, 2.24) is 0 Å². The molecule has 2 atom stereocenters. The molecule has 0 aliphatic carbocycles. The summed E-state index contributed by atoms with van der Waals surface area (Å²) in [7, 11) is 0. The smallest absolute Gasteiger partial charge is 0.224 e. The number of ether oxygens (including phenoxy) is 1. The maximum Gasteiger partial charge on any atom is 0.224 e. The van der Waals surface area contributed by atoms with E-state index in [0.717, 1.165) is 6.42 Å². The first-order valence-electron chi connectivity index (χ1n) is 8.57. The SMILES string of the molecule is CCCCCCCC1OC1CCC(=O)Nc1cc(O)ccc1O. The van der Waals surface area contributed by atoms with Gasteiger partial charge in [0.1, 0.15) is 11.5 Å². The van der Waals surface area contributed by atoms with Gasteiger partial charge in [-0.15, -0.1) is 0 Å². The lowest BCUT2D eigenvalue weighted by molar-refractivity contribution is -0.116. The Labute approximate surface area is 137 Å². The molecule has 1 aliphatic heterocycles. The highest BCUT2D eigenvalue weighted by molar-refractivity contribution is 5.92. The molecule has 2 rings (SSSR count). The number of epoxide rings is 1. The molecule has 1 saturated heterocycles. The average molecular weight is 321 g/mol. The van der Waals surface area contributed by atoms with Gasteiger partial charge < -0.3 is 20.3 Å². The van der Waals surface area contributed by atoms with Crippen LogP contribution in [-0.4, -0.2) is 28.3 Å². The Kier molecular flexibility index (Phi) is 6.71. The third-order valence-electron chi connectivity index (χ3n) is 4.19. The van der Waals surface area contributed by atoms with E-state index < -0.39 is 0 Å². The number of benzene rings is 1. The number of phenols is 2. The van der Waals surface area contributed by atoms with Gasteiger partial charge in [0.05, 0.1) is 17.9 Å². The summed E-state index contributed by atoms with van der Waals surface area (Å²) < 4.78 is 5.60. The van der Waals surface area contributed by atoms with Crippen molar-refractivity contribution in [2.45, 2.75) is 70.5 Å². The van der Waals surface area contributed by atoms with Gasteiger partial charge in [-0.05, 0) is 25.0 Å². The fraction of sp³-hybridized carbons (Fsp3) is 0.611. The number of amides is 1. The molecular formula is C18H27NO4. The molecule has 0 bridgehead atoms. The maximum atomic E-state index is 11.9. The minimum Gasteiger partial charge on any atom is -0.508 e. The van der Waals surface area contributed by atoms with E-state index in [2.05, 4.69) is 12.2 Å². The average Bonchev–Trinajstić information content (AvgIpc) is 3.27. The lowest BCUT2D eigenvalue weighted by Crippen LogP contribution is -2.12. The number of phenolic OH excluding ortho intramolecular Hbond substituents is 2. The van der Waals surface area contributed by atoms with E-state index in [4.69, 9.17) is 4.74 Å². The Morgan fingerprint density at radius 2 is 1.87 bits per heavy atom. The molecule has 3 N–H and O–H groups in total. The zero-order valence-electron chi connectivity index (χ0n) is 13.8. The van der Waals surface area contributed by atoms with Crippen LogP contribution in [0.4, 0.5) is 5.69 Å². The van der Waals surface area contributed by atoms with E-state index >= 15 is 0 Å². The molecule has 0 saturated carbocycles. The largest absolute Gasteiger partial charge is 0.508 e. The Hall–Kier alpha value is -1.75. The van der Waals surface area contributed by atoms with Gasteiger partial charge in [0, 0.05) is 12.5 Å². The third-order valence-corrected chi connectivity index (χ3v) is 4.19. The van der Waals surface area contributed by atoms with Gasteiger partial charge >= 0.3 is 0 Å². The first kappa shape index (κ1) is 17.6. The highest BCUT2D eigenvalue weighted by Gasteiger charge is 2.37. The molecule has 2 unspecified atom stereocenters. The lowest BCUT2D eigenvalue weighted by Gasteiger charge is -2.07. The fourth-order valence-corrected chi connectivity index (χ4v) is 2.75. The van der Waals surface area contributed by atoms with Crippen LogP contribution in [0.3, 0.4) is 0 Å². The standard InChI is InChI=1S/C18H27NO4/c1-2-3-4-5-6-7-16-17(23-16)10-11-18(22)19-14-12-13(20)8-9-15(14)21/h8-9,12,16-17,20-21H,2-7,10-11H2,1H3,(H,19,22). The number of carbonyl (C=O) groups excluding carboxylic acids is 1. The Balaban J connectivity index is 1.60. The van der Waals surface area contributed by atoms with Gasteiger partial charge in [0.15, 0.2) is 0 Å². The lowest BCUT2D eigenvalue weighted by atomic mass is 10.1. The minimum absolute atomic E-state index is 0.00626. The van der Waals surface area contributed by atoms with Crippen LogP contribution in [0.2, 0.25) is 0 Å². The molecule has 23 heavy (non-hydrogen) atoms. The zero-order chi connectivity index (χ0) is 16.7. The van der Waals surface area contributed by atoms with E-state index in [-0.39, 0.29) is 29.2 Å². The first-order chi connectivity index (χ1) is 11.1. The molecule has 128 valence electrons. The number of hydrogen-bond acceptors (Lipinski definition) is 4. The predicted octanol–water partition coefficient (Wildman–Crippen LogP) is 3.94. The van der Waals surface area contributed by atoms with Crippen molar-refractivity contribution in [2.24, 2.45) is 0 Å². The Bertz CT molecular complexity index is 518. The minimum atomic E-state index is -0.178. The number of anilines is 1. The van der Waals surface area contributed by atoms with E-state index in [9.17, 15) is 15.0 Å². The topological polar surface area (TPSA) is 82.1 Å². The van der Waals surface area contributed by atoms with Gasteiger partial charge in [-0.2, -0.15) is 0 Å². The van der Waals surface area contributed by atoms with Crippen molar-refractivity contribution >= 4 is 11.6 Å². The van der Waals surface area contributed by atoms with Gasteiger partial charge in [0.2, 0.25) is 5.91 Å². The summed E-state index contributed by atoms with van der Waals surface area (Å²) in [6, 6.07) is 4.05. The van der Waals surface area contributed by atoms with Gasteiger partial charge in [-0.3, -0.25) is 4.79 Å². The van der Waals surface area contributed by atoms with Crippen LogP contribution in [0.15, 0.2) is 18.2 Å². The molecule has 1 heterocycles. The predicted molar refractivity (Wildman–Crippen MR) is 89.7 cm³/mol. The van der Waals surface area contributed by atoms with Crippen LogP contribution in [0.1, 0.15) is 58.3 Å². The van der Waals surface area contributed by atoms with Crippen LogP contribution >= 0.6 is 0 Å². The summed E-state index contributed by atoms with van der Waals surface area (Å²) in [5, 5.41) is 21.6. The van der Waals surface area contributed by atoms with E-state index in [0.29, 0.717) is 18.9 Å². The molecule has 1 aromatic carbocycles. The highest BCUT2D eigenvalue weighted by Crippen LogP contribution is 2.32. The van der Waals surface area contributed by atoms with Crippen molar-refractivity contribution in [2.75, 3.05) is 5.32 Å². The molecule has 0 radical (unpaired) electrons. The maximum absolute atomic E-state index is 11.9. The fourth-order valence-electron chi connectivity index (χ4n) is 2.75. The van der Waals surface area contributed by atoms with Crippen LogP contribution < -0.4 is 5.32 Å². The Morgan fingerprint density at radius 3 is 2.65 bits per heavy atom. The molecule has 1 aliphatic rings. The molecular weight excluding hydrogens is 294 g/mol. The number of aromatic hydroxyl groups is 2. The number of hydrogen-bond donors (Lipinski definition) is 3. The second-order valence-corrected chi connectivity index (χ2v) is 6.20. The second kappa shape index (κ2) is 8.77. The molecule has 1 fully saturated rings. The molecule has 0 aromatic heterocycles. The molecule has 0 spiro atoms.